The third-order valence-corrected chi connectivity index (χ3v) is 5.33. The predicted molar refractivity (Wildman–Crippen MR) is 101 cm³/mol. The number of halogens is 3. The first-order chi connectivity index (χ1) is 14.7. The number of aryl methyl sites for hydroxylation is 1. The number of benzene rings is 1. The lowest BCUT2D eigenvalue weighted by Crippen LogP contribution is -2.27. The summed E-state index contributed by atoms with van der Waals surface area (Å²) in [6, 6.07) is 1.32. The molecule has 2 rings (SSSR count). The highest BCUT2D eigenvalue weighted by Crippen LogP contribution is 2.37. The summed E-state index contributed by atoms with van der Waals surface area (Å²) >= 11 is 0. The van der Waals surface area contributed by atoms with Gasteiger partial charge in [-0.3, -0.25) is 4.79 Å². The van der Waals surface area contributed by atoms with E-state index in [0.717, 1.165) is 17.7 Å². The first-order valence-electron chi connectivity index (χ1n) is 9.06. The molecular formula is C18H20F3N3O7S. The smallest absolute Gasteiger partial charge is 0.435 e. The number of carbonyl (C=O) groups is 2. The molecule has 1 aromatic heterocycles. The fourth-order valence-electron chi connectivity index (χ4n) is 2.82. The van der Waals surface area contributed by atoms with Crippen LogP contribution in [-0.2, 0) is 25.5 Å². The molecule has 0 saturated carbocycles. The van der Waals surface area contributed by atoms with Gasteiger partial charge in [0.1, 0.15) is 0 Å². The maximum Gasteiger partial charge on any atom is 0.510 e. The van der Waals surface area contributed by atoms with Crippen molar-refractivity contribution in [3.8, 4) is 0 Å². The number of amides is 1. The lowest BCUT2D eigenvalue weighted by molar-refractivity contribution is -0.140. The quantitative estimate of drug-likeness (QED) is 0.599. The number of alkyl halides is 3. The first kappa shape index (κ1) is 25.1. The summed E-state index contributed by atoms with van der Waals surface area (Å²) in [6.07, 6.45) is -6.47. The monoisotopic (exact) mass is 479 g/mol. The second-order valence-electron chi connectivity index (χ2n) is 6.55. The molecule has 14 heteroatoms. The van der Waals surface area contributed by atoms with Crippen LogP contribution < -0.4 is 5.68 Å². The van der Waals surface area contributed by atoms with Gasteiger partial charge in [-0.1, -0.05) is 0 Å². The van der Waals surface area contributed by atoms with Crippen LogP contribution in [0, 0.1) is 13.8 Å². The van der Waals surface area contributed by atoms with Gasteiger partial charge in [0.2, 0.25) is 12.1 Å². The van der Waals surface area contributed by atoms with Crippen LogP contribution in [0.2, 0.25) is 0 Å². The Bertz CT molecular complexity index is 1210. The van der Waals surface area contributed by atoms with Gasteiger partial charge in [-0.25, -0.2) is 13.2 Å². The molecule has 1 amide bonds. The molecule has 32 heavy (non-hydrogen) atoms. The van der Waals surface area contributed by atoms with Crippen molar-refractivity contribution in [1.29, 1.82) is 0 Å². The number of ether oxygens (including phenoxy) is 2. The van der Waals surface area contributed by atoms with Crippen LogP contribution in [0.5, 0.6) is 0 Å². The SMILES string of the molecule is CCOC(=O)OC(C)n1nc(C)o/c1=N/C(=O)c1ccc(C(F)(F)F)c(S(C)(=O)=O)c1C. The number of carbonyl (C=O) groups excluding carboxylic acids is 2. The Hall–Kier alpha value is -3.16. The van der Waals surface area contributed by atoms with Crippen LogP contribution in [0.4, 0.5) is 18.0 Å². The van der Waals surface area contributed by atoms with Gasteiger partial charge in [0, 0.05) is 18.7 Å². The Balaban J connectivity index is 2.58. The molecule has 0 aliphatic rings. The van der Waals surface area contributed by atoms with Crippen molar-refractivity contribution in [2.45, 2.75) is 45.0 Å². The number of hydrogen-bond acceptors (Lipinski definition) is 8. The lowest BCUT2D eigenvalue weighted by atomic mass is 10.0. The third-order valence-electron chi connectivity index (χ3n) is 4.07. The number of aromatic nitrogens is 2. The van der Waals surface area contributed by atoms with Gasteiger partial charge in [-0.05, 0) is 38.5 Å². The summed E-state index contributed by atoms with van der Waals surface area (Å²) in [4.78, 5) is 26.9. The normalized spacial score (nSPS) is 13.7. The Morgan fingerprint density at radius 2 is 1.91 bits per heavy atom. The molecule has 0 spiro atoms. The predicted octanol–water partition coefficient (Wildman–Crippen LogP) is 2.95. The third kappa shape index (κ3) is 5.55. The lowest BCUT2D eigenvalue weighted by Gasteiger charge is -2.15. The van der Waals surface area contributed by atoms with Crippen LogP contribution in [0.3, 0.4) is 0 Å². The minimum atomic E-state index is -4.95. The van der Waals surface area contributed by atoms with Gasteiger partial charge in [0.15, 0.2) is 9.84 Å². The maximum absolute atomic E-state index is 13.3. The van der Waals surface area contributed by atoms with Crippen molar-refractivity contribution in [3.05, 3.63) is 40.4 Å². The number of nitrogens with zero attached hydrogens (tertiary/aromatic N) is 3. The second kappa shape index (κ2) is 9.14. The fourth-order valence-corrected chi connectivity index (χ4v) is 4.07. The molecule has 0 N–H and O–H groups in total. The van der Waals surface area contributed by atoms with Gasteiger partial charge in [0.05, 0.1) is 17.1 Å². The molecule has 0 saturated heterocycles. The average molecular weight is 479 g/mol. The summed E-state index contributed by atoms with van der Waals surface area (Å²) in [7, 11) is -4.34. The topological polar surface area (TPSA) is 130 Å². The number of sulfone groups is 1. The number of rotatable bonds is 5. The van der Waals surface area contributed by atoms with Crippen LogP contribution in [-0.4, -0.2) is 43.1 Å². The summed E-state index contributed by atoms with van der Waals surface area (Å²) in [5.41, 5.74) is -2.63. The molecular weight excluding hydrogens is 459 g/mol. The van der Waals surface area contributed by atoms with Crippen LogP contribution in [0.15, 0.2) is 26.4 Å². The minimum absolute atomic E-state index is 0.0387. The summed E-state index contributed by atoms with van der Waals surface area (Å²) < 4.78 is 79.7. The molecule has 0 fully saturated rings. The molecule has 0 radical (unpaired) electrons. The van der Waals surface area contributed by atoms with Gasteiger partial charge in [0.25, 0.3) is 5.91 Å². The van der Waals surface area contributed by atoms with Crippen molar-refractivity contribution < 1.29 is 45.1 Å². The van der Waals surface area contributed by atoms with E-state index in [1.807, 2.05) is 0 Å². The molecule has 0 bridgehead atoms. The van der Waals surface area contributed by atoms with E-state index in [4.69, 9.17) is 9.15 Å². The largest absolute Gasteiger partial charge is 0.510 e. The minimum Gasteiger partial charge on any atom is -0.435 e. The van der Waals surface area contributed by atoms with E-state index < -0.39 is 61.6 Å². The van der Waals surface area contributed by atoms with E-state index in [-0.39, 0.29) is 12.5 Å². The van der Waals surface area contributed by atoms with Crippen molar-refractivity contribution in [2.24, 2.45) is 4.99 Å². The van der Waals surface area contributed by atoms with E-state index >= 15 is 0 Å². The van der Waals surface area contributed by atoms with Gasteiger partial charge >= 0.3 is 18.0 Å². The van der Waals surface area contributed by atoms with Crippen molar-refractivity contribution in [1.82, 2.24) is 9.78 Å². The molecule has 1 unspecified atom stereocenters. The van der Waals surface area contributed by atoms with E-state index in [2.05, 4.69) is 14.8 Å². The zero-order valence-electron chi connectivity index (χ0n) is 17.7. The number of hydrogen-bond donors (Lipinski definition) is 0. The van der Waals surface area contributed by atoms with Crippen LogP contribution >= 0.6 is 0 Å². The molecule has 0 aliphatic heterocycles. The van der Waals surface area contributed by atoms with Gasteiger partial charge in [-0.15, -0.1) is 5.10 Å². The molecule has 1 atom stereocenters. The highest BCUT2D eigenvalue weighted by Gasteiger charge is 2.38. The first-order valence-corrected chi connectivity index (χ1v) is 11.0. The highest BCUT2D eigenvalue weighted by molar-refractivity contribution is 7.90. The van der Waals surface area contributed by atoms with Crippen molar-refractivity contribution in [2.75, 3.05) is 12.9 Å². The average Bonchev–Trinajstić information content (AvgIpc) is 2.99. The van der Waals surface area contributed by atoms with Gasteiger partial charge < -0.3 is 13.9 Å². The molecule has 1 aromatic carbocycles. The van der Waals surface area contributed by atoms with Crippen LogP contribution in [0.25, 0.3) is 0 Å². The molecule has 176 valence electrons. The molecule has 2 aromatic rings. The molecule has 10 nitrogen and oxygen atoms in total. The van der Waals surface area contributed by atoms with E-state index in [9.17, 15) is 31.2 Å². The van der Waals surface area contributed by atoms with E-state index in [0.29, 0.717) is 12.3 Å². The van der Waals surface area contributed by atoms with E-state index in [1.165, 1.54) is 13.8 Å². The molecule has 1 heterocycles. The Morgan fingerprint density at radius 1 is 1.28 bits per heavy atom. The second-order valence-corrected chi connectivity index (χ2v) is 8.50. The summed E-state index contributed by atoms with van der Waals surface area (Å²) in [5.74, 6) is -1.05. The van der Waals surface area contributed by atoms with E-state index in [1.54, 1.807) is 6.92 Å². The van der Waals surface area contributed by atoms with Crippen molar-refractivity contribution >= 4 is 21.9 Å². The molecule has 0 aliphatic carbocycles. The van der Waals surface area contributed by atoms with Gasteiger partial charge in [-0.2, -0.15) is 22.8 Å². The Kier molecular flexibility index (Phi) is 7.17. The standard InChI is InChI=1S/C18H20F3N3O7S/c1-6-29-17(26)31-11(4)24-16(30-10(3)23-24)22-15(25)12-7-8-13(18(19,20)21)14(9(12)2)32(5,27)28/h7-8,11H,6H2,1-5H3/b22-16+. The summed E-state index contributed by atoms with van der Waals surface area (Å²) in [6.45, 7) is 5.49. The Labute approximate surface area is 180 Å². The fraction of sp³-hybridized carbons (Fsp3) is 0.444. The highest BCUT2D eigenvalue weighted by atomic mass is 32.2. The summed E-state index contributed by atoms with van der Waals surface area (Å²) in [5, 5.41) is 3.92. The zero-order chi connectivity index (χ0) is 24.4. The van der Waals surface area contributed by atoms with Crippen LogP contribution in [0.1, 0.15) is 47.5 Å². The van der Waals surface area contributed by atoms with Crippen molar-refractivity contribution in [3.63, 3.8) is 0 Å². The Morgan fingerprint density at radius 3 is 2.44 bits per heavy atom. The zero-order valence-corrected chi connectivity index (χ0v) is 18.5. The maximum atomic E-state index is 13.3.